The fourth-order valence-electron chi connectivity index (χ4n) is 2.30. The Balaban J connectivity index is 2.43. The third-order valence-electron chi connectivity index (χ3n) is 3.87. The summed E-state index contributed by atoms with van der Waals surface area (Å²) >= 11 is 6.05. The maximum atomic E-state index is 6.17. The fraction of sp³-hybridized carbons (Fsp3) is 0.571. The molecule has 1 aliphatic rings. The van der Waals surface area contributed by atoms with E-state index in [0.717, 1.165) is 22.8 Å². The van der Waals surface area contributed by atoms with Crippen LogP contribution in [-0.2, 0) is 0 Å². The Kier molecular flexibility index (Phi) is 3.37. The molecule has 2 nitrogen and oxygen atoms in total. The predicted octanol–water partition coefficient (Wildman–Crippen LogP) is 3.80. The zero-order chi connectivity index (χ0) is 12.6. The standard InChI is InChI=1S/C14H20ClNO/c1-9(2)14(3)8-12(16-4)11-7-10(15)5-6-13(11)17-14/h5-7,9,12,16H,8H2,1-4H3. The lowest BCUT2D eigenvalue weighted by molar-refractivity contribution is 0.00686. The average Bonchev–Trinajstić information content (AvgIpc) is 2.28. The first kappa shape index (κ1) is 12.7. The number of benzene rings is 1. The molecule has 0 saturated carbocycles. The molecule has 2 atom stereocenters. The van der Waals surface area contributed by atoms with Crippen LogP contribution in [0.3, 0.4) is 0 Å². The van der Waals surface area contributed by atoms with E-state index in [1.165, 1.54) is 0 Å². The highest BCUT2D eigenvalue weighted by atomic mass is 35.5. The second-order valence-electron chi connectivity index (χ2n) is 5.30. The number of halogens is 1. The third kappa shape index (κ3) is 2.29. The normalized spacial score (nSPS) is 27.8. The highest BCUT2D eigenvalue weighted by Gasteiger charge is 2.39. The van der Waals surface area contributed by atoms with Crippen LogP contribution < -0.4 is 10.1 Å². The van der Waals surface area contributed by atoms with Crippen LogP contribution in [-0.4, -0.2) is 12.6 Å². The Morgan fingerprint density at radius 3 is 2.76 bits per heavy atom. The number of rotatable bonds is 2. The van der Waals surface area contributed by atoms with Gasteiger partial charge in [-0.3, -0.25) is 0 Å². The van der Waals surface area contributed by atoms with Crippen molar-refractivity contribution in [2.45, 2.75) is 38.8 Å². The third-order valence-corrected chi connectivity index (χ3v) is 4.10. The van der Waals surface area contributed by atoms with Crippen molar-refractivity contribution in [3.05, 3.63) is 28.8 Å². The van der Waals surface area contributed by atoms with E-state index in [9.17, 15) is 0 Å². The lowest BCUT2D eigenvalue weighted by Crippen LogP contribution is -2.45. The van der Waals surface area contributed by atoms with E-state index in [4.69, 9.17) is 16.3 Å². The zero-order valence-corrected chi connectivity index (χ0v) is 11.6. The van der Waals surface area contributed by atoms with Crippen LogP contribution >= 0.6 is 11.6 Å². The molecule has 0 radical (unpaired) electrons. The molecule has 17 heavy (non-hydrogen) atoms. The van der Waals surface area contributed by atoms with E-state index in [1.54, 1.807) is 0 Å². The van der Waals surface area contributed by atoms with Gasteiger partial charge in [0.1, 0.15) is 11.4 Å². The Labute approximate surface area is 108 Å². The molecule has 1 aromatic rings. The minimum absolute atomic E-state index is 0.117. The lowest BCUT2D eigenvalue weighted by Gasteiger charge is -2.42. The molecule has 0 aromatic heterocycles. The van der Waals surface area contributed by atoms with Crippen LogP contribution in [0.25, 0.3) is 0 Å². The molecule has 2 rings (SSSR count). The smallest absolute Gasteiger partial charge is 0.125 e. The van der Waals surface area contributed by atoms with Crippen molar-refractivity contribution in [2.75, 3.05) is 7.05 Å². The molecule has 0 saturated heterocycles. The second kappa shape index (κ2) is 4.51. The molecule has 0 spiro atoms. The molecular formula is C14H20ClNO. The first-order valence-electron chi connectivity index (χ1n) is 6.12. The fourth-order valence-corrected chi connectivity index (χ4v) is 2.48. The maximum absolute atomic E-state index is 6.17. The Morgan fingerprint density at radius 1 is 1.47 bits per heavy atom. The largest absolute Gasteiger partial charge is 0.487 e. The molecule has 1 N–H and O–H groups in total. The van der Waals surface area contributed by atoms with Crippen LogP contribution in [0.2, 0.25) is 5.02 Å². The van der Waals surface area contributed by atoms with E-state index in [0.29, 0.717) is 12.0 Å². The van der Waals surface area contributed by atoms with Crippen molar-refractivity contribution >= 4 is 11.6 Å². The molecule has 0 aliphatic carbocycles. The van der Waals surface area contributed by atoms with Gasteiger partial charge in [0, 0.05) is 23.0 Å². The summed E-state index contributed by atoms with van der Waals surface area (Å²) in [6.07, 6.45) is 0.967. The summed E-state index contributed by atoms with van der Waals surface area (Å²) in [4.78, 5) is 0. The van der Waals surface area contributed by atoms with Gasteiger partial charge in [-0.05, 0) is 38.1 Å². The van der Waals surface area contributed by atoms with Crippen LogP contribution in [0.1, 0.15) is 38.8 Å². The quantitative estimate of drug-likeness (QED) is 0.866. The summed E-state index contributed by atoms with van der Waals surface area (Å²) in [5.74, 6) is 1.43. The summed E-state index contributed by atoms with van der Waals surface area (Å²) in [7, 11) is 1.99. The van der Waals surface area contributed by atoms with Crippen molar-refractivity contribution in [2.24, 2.45) is 5.92 Å². The first-order chi connectivity index (χ1) is 7.96. The molecule has 0 amide bonds. The van der Waals surface area contributed by atoms with Crippen LogP contribution in [0.5, 0.6) is 5.75 Å². The van der Waals surface area contributed by atoms with Crippen molar-refractivity contribution < 1.29 is 4.74 Å². The molecule has 0 bridgehead atoms. The SMILES string of the molecule is CNC1CC(C)(C(C)C)Oc2ccc(Cl)cc21. The van der Waals surface area contributed by atoms with E-state index in [1.807, 2.05) is 25.2 Å². The van der Waals surface area contributed by atoms with Gasteiger partial charge < -0.3 is 10.1 Å². The molecule has 0 fully saturated rings. The van der Waals surface area contributed by atoms with Crippen LogP contribution in [0.4, 0.5) is 0 Å². The van der Waals surface area contributed by atoms with Gasteiger partial charge in [-0.25, -0.2) is 0 Å². The van der Waals surface area contributed by atoms with Crippen molar-refractivity contribution in [3.63, 3.8) is 0 Å². The predicted molar refractivity (Wildman–Crippen MR) is 71.7 cm³/mol. The summed E-state index contributed by atoms with van der Waals surface area (Å²) in [5, 5.41) is 4.12. The summed E-state index contributed by atoms with van der Waals surface area (Å²) in [6.45, 7) is 6.58. The number of ether oxygens (including phenoxy) is 1. The Bertz CT molecular complexity index is 419. The second-order valence-corrected chi connectivity index (χ2v) is 5.73. The minimum Gasteiger partial charge on any atom is -0.487 e. The summed E-state index contributed by atoms with van der Waals surface area (Å²) in [5.41, 5.74) is 1.05. The number of hydrogen-bond acceptors (Lipinski definition) is 2. The topological polar surface area (TPSA) is 21.3 Å². The zero-order valence-electron chi connectivity index (χ0n) is 10.9. The monoisotopic (exact) mass is 253 g/mol. The molecule has 1 heterocycles. The van der Waals surface area contributed by atoms with Crippen molar-refractivity contribution in [1.82, 2.24) is 5.32 Å². The van der Waals surface area contributed by atoms with Crippen molar-refractivity contribution in [1.29, 1.82) is 0 Å². The van der Waals surface area contributed by atoms with E-state index < -0.39 is 0 Å². The van der Waals surface area contributed by atoms with E-state index >= 15 is 0 Å². The first-order valence-corrected chi connectivity index (χ1v) is 6.50. The lowest BCUT2D eigenvalue weighted by atomic mass is 9.81. The minimum atomic E-state index is -0.117. The number of fused-ring (bicyclic) bond motifs is 1. The summed E-state index contributed by atoms with van der Waals surface area (Å²) in [6, 6.07) is 6.17. The molecule has 3 heteroatoms. The summed E-state index contributed by atoms with van der Waals surface area (Å²) < 4.78 is 6.17. The van der Waals surface area contributed by atoms with Crippen LogP contribution in [0, 0.1) is 5.92 Å². The Hall–Kier alpha value is -0.730. The van der Waals surface area contributed by atoms with Gasteiger partial charge in [-0.15, -0.1) is 0 Å². The van der Waals surface area contributed by atoms with Gasteiger partial charge in [0.05, 0.1) is 0 Å². The molecular weight excluding hydrogens is 234 g/mol. The van der Waals surface area contributed by atoms with E-state index in [-0.39, 0.29) is 5.60 Å². The molecule has 94 valence electrons. The molecule has 1 aliphatic heterocycles. The van der Waals surface area contributed by atoms with Crippen LogP contribution in [0.15, 0.2) is 18.2 Å². The number of hydrogen-bond donors (Lipinski definition) is 1. The molecule has 1 aromatic carbocycles. The van der Waals surface area contributed by atoms with Gasteiger partial charge >= 0.3 is 0 Å². The number of nitrogens with one attached hydrogen (secondary N) is 1. The van der Waals surface area contributed by atoms with E-state index in [2.05, 4.69) is 26.1 Å². The molecule has 2 unspecified atom stereocenters. The van der Waals surface area contributed by atoms with Gasteiger partial charge in [0.25, 0.3) is 0 Å². The highest BCUT2D eigenvalue weighted by Crippen LogP contribution is 2.43. The van der Waals surface area contributed by atoms with Gasteiger partial charge in [0.15, 0.2) is 0 Å². The van der Waals surface area contributed by atoms with Gasteiger partial charge in [0.2, 0.25) is 0 Å². The van der Waals surface area contributed by atoms with Crippen molar-refractivity contribution in [3.8, 4) is 5.75 Å². The maximum Gasteiger partial charge on any atom is 0.125 e. The average molecular weight is 254 g/mol. The van der Waals surface area contributed by atoms with Gasteiger partial charge in [-0.1, -0.05) is 25.4 Å². The van der Waals surface area contributed by atoms with Gasteiger partial charge in [-0.2, -0.15) is 0 Å². The highest BCUT2D eigenvalue weighted by molar-refractivity contribution is 6.30. The Morgan fingerprint density at radius 2 is 2.18 bits per heavy atom.